The zero-order valence-corrected chi connectivity index (χ0v) is 16.4. The molecule has 0 aliphatic carbocycles. The van der Waals surface area contributed by atoms with Crippen LogP contribution in [0.2, 0.25) is 0 Å². The van der Waals surface area contributed by atoms with E-state index in [-0.39, 0.29) is 6.29 Å². The van der Waals surface area contributed by atoms with Crippen molar-refractivity contribution in [2.75, 3.05) is 40.5 Å². The zero-order valence-electron chi connectivity index (χ0n) is 16.4. The summed E-state index contributed by atoms with van der Waals surface area (Å²) in [6.45, 7) is 6.89. The summed E-state index contributed by atoms with van der Waals surface area (Å²) in [4.78, 5) is 2.11. The van der Waals surface area contributed by atoms with E-state index in [0.717, 1.165) is 18.7 Å². The molecule has 0 fully saturated rings. The van der Waals surface area contributed by atoms with Crippen molar-refractivity contribution in [3.8, 4) is 16.9 Å². The van der Waals surface area contributed by atoms with E-state index in [0.29, 0.717) is 19.8 Å². The second-order valence-electron chi connectivity index (χ2n) is 6.42. The normalized spacial score (nSPS) is 11.3. The fraction of sp³-hybridized carbons (Fsp3) is 0.455. The van der Waals surface area contributed by atoms with Gasteiger partial charge in [-0.2, -0.15) is 0 Å². The second kappa shape index (κ2) is 11.0. The van der Waals surface area contributed by atoms with Gasteiger partial charge in [-0.1, -0.05) is 36.4 Å². The first-order valence-electron chi connectivity index (χ1n) is 9.32. The highest BCUT2D eigenvalue weighted by Gasteiger charge is 2.10. The summed E-state index contributed by atoms with van der Waals surface area (Å²) in [6.07, 6.45) is 0.564. The molecule has 0 saturated carbocycles. The van der Waals surface area contributed by atoms with Gasteiger partial charge < -0.3 is 19.1 Å². The van der Waals surface area contributed by atoms with Crippen molar-refractivity contribution < 1.29 is 14.2 Å². The Morgan fingerprint density at radius 3 is 2.19 bits per heavy atom. The third-order valence-corrected chi connectivity index (χ3v) is 4.03. The lowest BCUT2D eigenvalue weighted by Gasteiger charge is -2.17. The maximum atomic E-state index is 5.76. The van der Waals surface area contributed by atoms with Gasteiger partial charge in [0.05, 0.1) is 0 Å². The van der Waals surface area contributed by atoms with Gasteiger partial charge in [-0.15, -0.1) is 0 Å². The number of likely N-dealkylation sites (N-methyl/N-ethyl adjacent to an activating group) is 1. The maximum Gasteiger partial charge on any atom is 0.161 e. The van der Waals surface area contributed by atoms with Crippen molar-refractivity contribution in [3.63, 3.8) is 0 Å². The van der Waals surface area contributed by atoms with E-state index in [2.05, 4.69) is 41.3 Å². The number of ether oxygens (including phenoxy) is 3. The van der Waals surface area contributed by atoms with Gasteiger partial charge in [0.2, 0.25) is 0 Å². The number of hydrogen-bond acceptors (Lipinski definition) is 4. The highest BCUT2D eigenvalue weighted by molar-refractivity contribution is 5.64. The first kappa shape index (κ1) is 20.4. The summed E-state index contributed by atoms with van der Waals surface area (Å²) in [7, 11) is 4.09. The molecule has 26 heavy (non-hydrogen) atoms. The number of rotatable bonds is 11. The van der Waals surface area contributed by atoms with E-state index in [1.54, 1.807) is 0 Å². The quantitative estimate of drug-likeness (QED) is 0.563. The molecule has 2 aromatic rings. The van der Waals surface area contributed by atoms with Crippen LogP contribution in [0.3, 0.4) is 0 Å². The molecule has 0 aromatic heterocycles. The molecule has 4 nitrogen and oxygen atoms in total. The molecule has 0 spiro atoms. The van der Waals surface area contributed by atoms with Crippen molar-refractivity contribution in [1.82, 2.24) is 4.90 Å². The predicted molar refractivity (Wildman–Crippen MR) is 107 cm³/mol. The lowest BCUT2D eigenvalue weighted by Crippen LogP contribution is -2.20. The zero-order chi connectivity index (χ0) is 18.8. The Balaban J connectivity index is 2.02. The van der Waals surface area contributed by atoms with Gasteiger partial charge in [0, 0.05) is 26.2 Å². The number of hydrogen-bond donors (Lipinski definition) is 0. The van der Waals surface area contributed by atoms with E-state index in [9.17, 15) is 0 Å². The van der Waals surface area contributed by atoms with Crippen LogP contribution in [0.5, 0.6) is 5.75 Å². The summed E-state index contributed by atoms with van der Waals surface area (Å²) in [5.41, 5.74) is 3.57. The minimum absolute atomic E-state index is 0.187. The van der Waals surface area contributed by atoms with E-state index in [1.807, 2.05) is 40.1 Å². The van der Waals surface area contributed by atoms with Gasteiger partial charge in [0.1, 0.15) is 12.4 Å². The first-order chi connectivity index (χ1) is 12.6. The molecule has 0 aliphatic rings. The van der Waals surface area contributed by atoms with Gasteiger partial charge in [-0.05, 0) is 56.8 Å². The minimum Gasteiger partial charge on any atom is -0.492 e. The molecular formula is C22H31NO3. The molecule has 0 N–H and O–H groups in total. The topological polar surface area (TPSA) is 30.9 Å². The highest BCUT2D eigenvalue weighted by Crippen LogP contribution is 2.24. The Morgan fingerprint density at radius 2 is 1.58 bits per heavy atom. The Morgan fingerprint density at radius 1 is 0.885 bits per heavy atom. The summed E-state index contributed by atoms with van der Waals surface area (Å²) < 4.78 is 17.1. The van der Waals surface area contributed by atoms with Crippen LogP contribution in [0.4, 0.5) is 0 Å². The van der Waals surface area contributed by atoms with Crippen LogP contribution in [-0.4, -0.2) is 51.7 Å². The van der Waals surface area contributed by atoms with Gasteiger partial charge in [0.25, 0.3) is 0 Å². The van der Waals surface area contributed by atoms with Crippen LogP contribution in [0.1, 0.15) is 19.4 Å². The molecule has 2 rings (SSSR count). The van der Waals surface area contributed by atoms with Crippen molar-refractivity contribution in [2.24, 2.45) is 0 Å². The van der Waals surface area contributed by atoms with E-state index >= 15 is 0 Å². The standard InChI is InChI=1S/C22H31NO3/c1-5-24-22(25-6-2)17-18-8-7-9-20(16-18)19-10-12-21(13-11-19)26-15-14-23(3)4/h7-13,16,22H,5-6,14-15,17H2,1-4H3. The van der Waals surface area contributed by atoms with E-state index in [1.165, 1.54) is 16.7 Å². The molecule has 0 atom stereocenters. The maximum absolute atomic E-state index is 5.76. The second-order valence-corrected chi connectivity index (χ2v) is 6.42. The molecule has 0 unspecified atom stereocenters. The lowest BCUT2D eigenvalue weighted by atomic mass is 10.0. The van der Waals surface area contributed by atoms with Crippen LogP contribution in [0.15, 0.2) is 48.5 Å². The molecule has 0 amide bonds. The molecule has 2 aromatic carbocycles. The lowest BCUT2D eigenvalue weighted by molar-refractivity contribution is -0.134. The van der Waals surface area contributed by atoms with Gasteiger partial charge >= 0.3 is 0 Å². The summed E-state index contributed by atoms with van der Waals surface area (Å²) >= 11 is 0. The van der Waals surface area contributed by atoms with E-state index in [4.69, 9.17) is 14.2 Å². The van der Waals surface area contributed by atoms with Crippen molar-refractivity contribution in [2.45, 2.75) is 26.6 Å². The monoisotopic (exact) mass is 357 g/mol. The molecule has 0 bridgehead atoms. The third kappa shape index (κ3) is 6.79. The van der Waals surface area contributed by atoms with Crippen molar-refractivity contribution in [3.05, 3.63) is 54.1 Å². The summed E-state index contributed by atoms with van der Waals surface area (Å²) in [6, 6.07) is 16.8. The molecular weight excluding hydrogens is 326 g/mol. The Hall–Kier alpha value is -1.88. The minimum atomic E-state index is -0.187. The smallest absolute Gasteiger partial charge is 0.161 e. The van der Waals surface area contributed by atoms with Crippen LogP contribution in [0, 0.1) is 0 Å². The fourth-order valence-electron chi connectivity index (χ4n) is 2.70. The predicted octanol–water partition coefficient (Wildman–Crippen LogP) is 4.24. The first-order valence-corrected chi connectivity index (χ1v) is 9.32. The van der Waals surface area contributed by atoms with Gasteiger partial charge in [-0.3, -0.25) is 0 Å². The number of benzene rings is 2. The Kier molecular flexibility index (Phi) is 8.62. The van der Waals surface area contributed by atoms with Crippen LogP contribution in [-0.2, 0) is 15.9 Å². The Bertz CT molecular complexity index is 634. The highest BCUT2D eigenvalue weighted by atomic mass is 16.7. The molecule has 142 valence electrons. The van der Waals surface area contributed by atoms with E-state index < -0.39 is 0 Å². The van der Waals surface area contributed by atoms with Gasteiger partial charge in [-0.25, -0.2) is 0 Å². The van der Waals surface area contributed by atoms with Crippen LogP contribution >= 0.6 is 0 Å². The van der Waals surface area contributed by atoms with Crippen LogP contribution < -0.4 is 4.74 Å². The molecule has 0 heterocycles. The average molecular weight is 357 g/mol. The van der Waals surface area contributed by atoms with Crippen molar-refractivity contribution >= 4 is 0 Å². The molecule has 0 aliphatic heterocycles. The fourth-order valence-corrected chi connectivity index (χ4v) is 2.70. The largest absolute Gasteiger partial charge is 0.492 e. The van der Waals surface area contributed by atoms with Crippen LogP contribution in [0.25, 0.3) is 11.1 Å². The summed E-state index contributed by atoms with van der Waals surface area (Å²) in [5, 5.41) is 0. The van der Waals surface area contributed by atoms with Gasteiger partial charge in [0.15, 0.2) is 6.29 Å². The third-order valence-electron chi connectivity index (χ3n) is 4.03. The number of nitrogens with zero attached hydrogens (tertiary/aromatic N) is 1. The SMILES string of the molecule is CCOC(Cc1cccc(-c2ccc(OCCN(C)C)cc2)c1)OCC. The molecule has 0 radical (unpaired) electrons. The molecule has 4 heteroatoms. The molecule has 0 saturated heterocycles. The summed E-state index contributed by atoms with van der Waals surface area (Å²) in [5.74, 6) is 0.902. The van der Waals surface area contributed by atoms with Crippen molar-refractivity contribution in [1.29, 1.82) is 0 Å². The Labute approximate surface area is 157 Å². The average Bonchev–Trinajstić information content (AvgIpc) is 2.63.